The Kier molecular flexibility index (Phi) is 4.99. The highest BCUT2D eigenvalue weighted by Crippen LogP contribution is 2.80. The summed E-state index contributed by atoms with van der Waals surface area (Å²) >= 11 is 0. The molecule has 5 aliphatic carbocycles. The highest BCUT2D eigenvalue weighted by atomic mass is 16.5. The van der Waals surface area contributed by atoms with Crippen molar-refractivity contribution < 1.29 is 34.3 Å². The fourth-order valence-electron chi connectivity index (χ4n) is 11.0. The van der Waals surface area contributed by atoms with E-state index < -0.39 is 28.8 Å². The van der Waals surface area contributed by atoms with Gasteiger partial charge in [0.05, 0.1) is 37.1 Å². The van der Waals surface area contributed by atoms with E-state index in [0.717, 1.165) is 25.9 Å². The molecule has 2 unspecified atom stereocenters. The number of aliphatic hydroxyl groups excluding tert-OH is 1. The molecular weight excluding hydrogens is 426 g/mol. The van der Waals surface area contributed by atoms with Crippen molar-refractivity contribution in [1.82, 2.24) is 4.90 Å². The van der Waals surface area contributed by atoms with Crippen LogP contribution < -0.4 is 0 Å². The summed E-state index contributed by atoms with van der Waals surface area (Å²) in [6.07, 6.45) is 1.06. The van der Waals surface area contributed by atoms with Crippen molar-refractivity contribution in [2.75, 3.05) is 48.1 Å². The average Bonchev–Trinajstić information content (AvgIpc) is 3.22. The van der Waals surface area contributed by atoms with Gasteiger partial charge in [0.25, 0.3) is 0 Å². The smallest absolute Gasteiger partial charge is 0.136 e. The third-order valence-corrected chi connectivity index (χ3v) is 11.5. The summed E-state index contributed by atoms with van der Waals surface area (Å²) in [5.74, 6) is -0.231. The maximum atomic E-state index is 12.9. The van der Waals surface area contributed by atoms with Crippen LogP contribution in [-0.4, -0.2) is 110 Å². The van der Waals surface area contributed by atoms with Crippen LogP contribution in [0, 0.1) is 34.5 Å². The van der Waals surface area contributed by atoms with Gasteiger partial charge in [0.1, 0.15) is 11.2 Å². The van der Waals surface area contributed by atoms with Gasteiger partial charge in [0, 0.05) is 70.0 Å². The van der Waals surface area contributed by atoms with E-state index in [-0.39, 0.29) is 47.3 Å². The van der Waals surface area contributed by atoms with E-state index in [2.05, 4.69) is 11.8 Å². The number of hydrogen-bond donors (Lipinski definition) is 3. The molecule has 7 bridgehead atoms. The van der Waals surface area contributed by atoms with Gasteiger partial charge in [0.2, 0.25) is 0 Å². The van der Waals surface area contributed by atoms with Crippen molar-refractivity contribution in [3.63, 3.8) is 0 Å². The number of methoxy groups -OCH3 is 4. The first-order valence-electron chi connectivity index (χ1n) is 12.7. The van der Waals surface area contributed by atoms with E-state index in [1.165, 1.54) is 0 Å². The molecule has 1 heterocycles. The first kappa shape index (κ1) is 23.1. The standard InChI is InChI=1S/C25H41NO7/c1-6-26-11-22(12-30-2)8-7-16(27)24-14-9-13-15(31-3)10-23(28,17(14)18(13)32-4)25(29,21(24)26)20(33-5)19(22)24/h13-21,27-29H,6-12H2,1-5H3/t13?,14-,15+,16+,17-,18+,19-,20-,21?,22+,23-,24+,25+/m1/s1. The van der Waals surface area contributed by atoms with E-state index in [1.54, 1.807) is 28.4 Å². The molecule has 0 radical (unpaired) electrons. The number of aliphatic hydroxyl groups is 3. The highest BCUT2D eigenvalue weighted by molar-refractivity contribution is 5.41. The van der Waals surface area contributed by atoms with Crippen molar-refractivity contribution in [2.45, 2.75) is 74.3 Å². The Balaban J connectivity index is 1.67. The molecule has 6 fully saturated rings. The molecule has 5 saturated carbocycles. The number of ether oxygens (including phenoxy) is 4. The van der Waals surface area contributed by atoms with Crippen molar-refractivity contribution in [2.24, 2.45) is 34.5 Å². The molecule has 6 aliphatic rings. The maximum Gasteiger partial charge on any atom is 0.136 e. The molecule has 1 aliphatic heterocycles. The van der Waals surface area contributed by atoms with Crippen LogP contribution in [0.1, 0.15) is 32.6 Å². The quantitative estimate of drug-likeness (QED) is 0.512. The summed E-state index contributed by atoms with van der Waals surface area (Å²) in [5, 5.41) is 37.6. The molecule has 33 heavy (non-hydrogen) atoms. The minimum Gasteiger partial charge on any atom is -0.392 e. The molecule has 6 rings (SSSR count). The number of likely N-dealkylation sites (N-methyl/N-ethyl adjacent to an activating group) is 1. The summed E-state index contributed by atoms with van der Waals surface area (Å²) in [5.41, 5.74) is -3.82. The van der Waals surface area contributed by atoms with Crippen molar-refractivity contribution in [3.05, 3.63) is 0 Å². The van der Waals surface area contributed by atoms with Gasteiger partial charge in [-0.2, -0.15) is 0 Å². The molecule has 13 atom stereocenters. The first-order chi connectivity index (χ1) is 15.8. The predicted octanol–water partition coefficient (Wildman–Crippen LogP) is 0.271. The van der Waals surface area contributed by atoms with E-state index >= 15 is 0 Å². The largest absolute Gasteiger partial charge is 0.392 e. The molecule has 8 heteroatoms. The second kappa shape index (κ2) is 7.13. The third-order valence-electron chi connectivity index (χ3n) is 11.5. The van der Waals surface area contributed by atoms with Crippen LogP contribution in [0.25, 0.3) is 0 Å². The Bertz CT molecular complexity index is 814. The average molecular weight is 468 g/mol. The summed E-state index contributed by atoms with van der Waals surface area (Å²) < 4.78 is 24.0. The number of rotatable bonds is 6. The minimum absolute atomic E-state index is 0.00825. The summed E-state index contributed by atoms with van der Waals surface area (Å²) in [6.45, 7) is 4.18. The SMILES string of the molecule is CCN1C[C@]2(COC)CC[C@H](O)[C@]34C1[C@@](O)([C@H](OC)[C@H]23)[C@@]1(O)C[C@H](OC)C2C[C@@H]4[C@@H]1[C@H]2OC. The van der Waals surface area contributed by atoms with Gasteiger partial charge >= 0.3 is 0 Å². The molecular formula is C25H41NO7. The lowest BCUT2D eigenvalue weighted by Crippen LogP contribution is -2.82. The lowest BCUT2D eigenvalue weighted by Gasteiger charge is -2.69. The Morgan fingerprint density at radius 3 is 2.42 bits per heavy atom. The number of likely N-dealkylation sites (tertiary alicyclic amines) is 1. The molecule has 0 aromatic carbocycles. The zero-order chi connectivity index (χ0) is 23.6. The Morgan fingerprint density at radius 1 is 1.06 bits per heavy atom. The normalized spacial score (nSPS) is 60.9. The zero-order valence-electron chi connectivity index (χ0n) is 20.6. The minimum atomic E-state index is -1.55. The second-order valence-corrected chi connectivity index (χ2v) is 11.9. The van der Waals surface area contributed by atoms with E-state index in [4.69, 9.17) is 18.9 Å². The summed E-state index contributed by atoms with van der Waals surface area (Å²) in [4.78, 5) is 2.33. The van der Waals surface area contributed by atoms with Crippen molar-refractivity contribution in [1.29, 1.82) is 0 Å². The van der Waals surface area contributed by atoms with Crippen LogP contribution >= 0.6 is 0 Å². The third kappa shape index (κ3) is 2.20. The van der Waals surface area contributed by atoms with Crippen LogP contribution in [0.2, 0.25) is 0 Å². The number of piperidine rings is 1. The van der Waals surface area contributed by atoms with Gasteiger partial charge in [-0.1, -0.05) is 6.92 Å². The Labute approximate surface area is 196 Å². The van der Waals surface area contributed by atoms with Gasteiger partial charge in [-0.15, -0.1) is 0 Å². The highest BCUT2D eigenvalue weighted by Gasteiger charge is 2.91. The van der Waals surface area contributed by atoms with Crippen molar-refractivity contribution in [3.8, 4) is 0 Å². The second-order valence-electron chi connectivity index (χ2n) is 11.9. The lowest BCUT2D eigenvalue weighted by molar-refractivity contribution is -0.318. The van der Waals surface area contributed by atoms with Gasteiger partial charge in [0.15, 0.2) is 0 Å². The number of fused-ring (bicyclic) bond motifs is 2. The van der Waals surface area contributed by atoms with Crippen molar-refractivity contribution >= 4 is 0 Å². The molecule has 188 valence electrons. The topological polar surface area (TPSA) is 101 Å². The van der Waals surface area contributed by atoms with Gasteiger partial charge < -0.3 is 34.3 Å². The van der Waals surface area contributed by atoms with Gasteiger partial charge in [-0.25, -0.2) is 0 Å². The van der Waals surface area contributed by atoms with Crippen LogP contribution in [0.3, 0.4) is 0 Å². The van der Waals surface area contributed by atoms with Crippen LogP contribution in [0.15, 0.2) is 0 Å². The van der Waals surface area contributed by atoms with E-state index in [9.17, 15) is 15.3 Å². The number of nitrogens with zero attached hydrogens (tertiary/aromatic N) is 1. The maximum absolute atomic E-state index is 12.9. The Morgan fingerprint density at radius 2 is 1.82 bits per heavy atom. The molecule has 8 nitrogen and oxygen atoms in total. The lowest BCUT2D eigenvalue weighted by atomic mass is 9.42. The zero-order valence-corrected chi connectivity index (χ0v) is 20.6. The molecule has 0 aromatic heterocycles. The monoisotopic (exact) mass is 467 g/mol. The summed E-state index contributed by atoms with van der Waals surface area (Å²) in [7, 11) is 6.79. The molecule has 0 amide bonds. The van der Waals surface area contributed by atoms with Crippen LogP contribution in [0.4, 0.5) is 0 Å². The molecule has 1 saturated heterocycles. The fourth-order valence-corrected chi connectivity index (χ4v) is 11.0. The predicted molar refractivity (Wildman–Crippen MR) is 119 cm³/mol. The van der Waals surface area contributed by atoms with Crippen LogP contribution in [0.5, 0.6) is 0 Å². The van der Waals surface area contributed by atoms with Crippen LogP contribution in [-0.2, 0) is 18.9 Å². The summed E-state index contributed by atoms with van der Waals surface area (Å²) in [6, 6.07) is -0.386. The Hall–Kier alpha value is -0.320. The molecule has 0 aromatic rings. The van der Waals surface area contributed by atoms with E-state index in [0.29, 0.717) is 19.4 Å². The van der Waals surface area contributed by atoms with E-state index in [1.807, 2.05) is 0 Å². The molecule has 3 N–H and O–H groups in total. The molecule has 1 spiro atoms. The number of hydrogen-bond acceptors (Lipinski definition) is 8. The van der Waals surface area contributed by atoms with Gasteiger partial charge in [-0.05, 0) is 31.7 Å². The first-order valence-corrected chi connectivity index (χ1v) is 12.7. The van der Waals surface area contributed by atoms with Gasteiger partial charge in [-0.3, -0.25) is 4.90 Å². The fraction of sp³-hybridized carbons (Fsp3) is 1.00.